The second kappa shape index (κ2) is 3.93. The molecule has 3 rings (SSSR count). The number of fused-ring (bicyclic) bond motifs is 2. The fraction of sp³-hybridized carbons (Fsp3) is 0.0714. The number of hydrogen-bond donors (Lipinski definition) is 0. The van der Waals surface area contributed by atoms with E-state index in [0.29, 0.717) is 0 Å². The Bertz CT molecular complexity index is 717. The zero-order valence-electron chi connectivity index (χ0n) is 9.38. The summed E-state index contributed by atoms with van der Waals surface area (Å²) in [5, 5.41) is 1.10. The molecule has 1 aliphatic carbocycles. The molecule has 2 nitrogen and oxygen atoms in total. The summed E-state index contributed by atoms with van der Waals surface area (Å²) >= 11 is 1.61. The first-order valence-electron chi connectivity index (χ1n) is 5.39. The van der Waals surface area contributed by atoms with Crippen LogP contribution in [0.4, 0.5) is 0 Å². The summed E-state index contributed by atoms with van der Waals surface area (Å²) in [5.41, 5.74) is 2.97. The molecule has 0 saturated heterocycles. The van der Waals surface area contributed by atoms with Gasteiger partial charge in [-0.2, -0.15) is 0 Å². The SMILES string of the molecule is CSn1c2cccc(=O)c-2cc2ccccc21. The van der Waals surface area contributed by atoms with Gasteiger partial charge in [-0.25, -0.2) is 0 Å². The van der Waals surface area contributed by atoms with Gasteiger partial charge in [-0.1, -0.05) is 24.3 Å². The molecular formula is C14H11NOS. The van der Waals surface area contributed by atoms with Gasteiger partial charge in [-0.15, -0.1) is 0 Å². The van der Waals surface area contributed by atoms with Crippen LogP contribution in [0.2, 0.25) is 0 Å². The molecule has 0 saturated carbocycles. The predicted molar refractivity (Wildman–Crippen MR) is 73.7 cm³/mol. The Morgan fingerprint density at radius 2 is 1.88 bits per heavy atom. The number of nitrogens with zero attached hydrogens (tertiary/aromatic N) is 1. The van der Waals surface area contributed by atoms with Crippen LogP contribution < -0.4 is 5.43 Å². The van der Waals surface area contributed by atoms with Gasteiger partial charge in [-0.3, -0.25) is 8.77 Å². The molecule has 0 N–H and O–H groups in total. The lowest BCUT2D eigenvalue weighted by Gasteiger charge is -2.15. The van der Waals surface area contributed by atoms with Crippen molar-refractivity contribution in [2.45, 2.75) is 0 Å². The van der Waals surface area contributed by atoms with Gasteiger partial charge in [-0.05, 0) is 41.6 Å². The van der Waals surface area contributed by atoms with Crippen molar-refractivity contribution in [3.8, 4) is 11.3 Å². The highest BCUT2D eigenvalue weighted by molar-refractivity contribution is 7.97. The molecule has 0 atom stereocenters. The first-order chi connectivity index (χ1) is 8.31. The van der Waals surface area contributed by atoms with Crippen LogP contribution in [0.25, 0.3) is 22.2 Å². The minimum atomic E-state index is 0.0797. The molecule has 0 spiro atoms. The summed E-state index contributed by atoms with van der Waals surface area (Å²) < 4.78 is 2.10. The zero-order chi connectivity index (χ0) is 11.8. The van der Waals surface area contributed by atoms with Gasteiger partial charge in [0.1, 0.15) is 0 Å². The number of hydrogen-bond acceptors (Lipinski definition) is 2. The van der Waals surface area contributed by atoms with Crippen molar-refractivity contribution < 1.29 is 0 Å². The molecule has 0 bridgehead atoms. The molecule has 17 heavy (non-hydrogen) atoms. The smallest absolute Gasteiger partial charge is 0.187 e. The molecule has 0 fully saturated rings. The Balaban J connectivity index is 2.58. The van der Waals surface area contributed by atoms with Crippen LogP contribution in [0, 0.1) is 0 Å². The first-order valence-corrected chi connectivity index (χ1v) is 6.57. The molecule has 0 aromatic heterocycles. The normalized spacial score (nSPS) is 11.1. The molecule has 0 radical (unpaired) electrons. The number of para-hydroxylation sites is 1. The lowest BCUT2D eigenvalue weighted by Crippen LogP contribution is -2.08. The third-order valence-electron chi connectivity index (χ3n) is 2.90. The van der Waals surface area contributed by atoms with E-state index in [0.717, 1.165) is 22.2 Å². The van der Waals surface area contributed by atoms with Gasteiger partial charge >= 0.3 is 0 Å². The van der Waals surface area contributed by atoms with Crippen molar-refractivity contribution in [3.05, 3.63) is 58.8 Å². The third-order valence-corrected chi connectivity index (χ3v) is 3.66. The molecule has 3 heteroatoms. The number of rotatable bonds is 1. The van der Waals surface area contributed by atoms with Crippen LogP contribution in [0.1, 0.15) is 0 Å². The summed E-state index contributed by atoms with van der Waals surface area (Å²) in [4.78, 5) is 11.9. The van der Waals surface area contributed by atoms with Gasteiger partial charge in [0, 0.05) is 11.8 Å². The Morgan fingerprint density at radius 1 is 1.06 bits per heavy atom. The summed E-state index contributed by atoms with van der Waals surface area (Å²) in [6, 6.07) is 15.5. The Hall–Kier alpha value is -1.74. The van der Waals surface area contributed by atoms with E-state index in [2.05, 4.69) is 10.0 Å². The predicted octanol–water partition coefficient (Wildman–Crippen LogP) is 3.23. The highest BCUT2D eigenvalue weighted by Crippen LogP contribution is 2.28. The number of benzene rings is 2. The minimum absolute atomic E-state index is 0.0797. The van der Waals surface area contributed by atoms with Crippen molar-refractivity contribution in [1.82, 2.24) is 3.97 Å². The quantitative estimate of drug-likeness (QED) is 0.610. The summed E-state index contributed by atoms with van der Waals surface area (Å²) in [6.07, 6.45) is 2.02. The van der Waals surface area contributed by atoms with Crippen LogP contribution >= 0.6 is 11.9 Å². The lowest BCUT2D eigenvalue weighted by atomic mass is 10.1. The van der Waals surface area contributed by atoms with Crippen LogP contribution in [-0.2, 0) is 0 Å². The first kappa shape index (κ1) is 10.4. The van der Waals surface area contributed by atoms with E-state index in [1.165, 1.54) is 0 Å². The molecule has 1 aromatic rings. The van der Waals surface area contributed by atoms with Gasteiger partial charge in [0.25, 0.3) is 0 Å². The Morgan fingerprint density at radius 3 is 2.71 bits per heavy atom. The lowest BCUT2D eigenvalue weighted by molar-refractivity contribution is 1.29. The second-order valence-electron chi connectivity index (χ2n) is 3.87. The second-order valence-corrected chi connectivity index (χ2v) is 4.60. The van der Waals surface area contributed by atoms with E-state index < -0.39 is 0 Å². The number of pyridine rings is 1. The highest BCUT2D eigenvalue weighted by Gasteiger charge is 2.11. The molecule has 1 heterocycles. The molecule has 84 valence electrons. The van der Waals surface area contributed by atoms with Crippen molar-refractivity contribution in [1.29, 1.82) is 0 Å². The van der Waals surface area contributed by atoms with E-state index in [1.54, 1.807) is 18.0 Å². The van der Waals surface area contributed by atoms with E-state index in [1.807, 2.05) is 42.7 Å². The minimum Gasteiger partial charge on any atom is -0.289 e. The zero-order valence-corrected chi connectivity index (χ0v) is 10.2. The van der Waals surface area contributed by atoms with Crippen LogP contribution in [0.15, 0.2) is 53.3 Å². The van der Waals surface area contributed by atoms with Gasteiger partial charge in [0.05, 0.1) is 11.2 Å². The van der Waals surface area contributed by atoms with Crippen LogP contribution in [0.3, 0.4) is 0 Å². The van der Waals surface area contributed by atoms with E-state index in [-0.39, 0.29) is 5.43 Å². The standard InChI is InChI=1S/C14H11NOS/c1-17-15-12-6-3-2-5-10(12)9-11-13(15)7-4-8-14(11)16/h2-9H,1H3. The highest BCUT2D eigenvalue weighted by atomic mass is 32.2. The van der Waals surface area contributed by atoms with Crippen molar-refractivity contribution in [2.75, 3.05) is 6.26 Å². The van der Waals surface area contributed by atoms with Gasteiger partial charge in [0.2, 0.25) is 0 Å². The molecule has 0 amide bonds. The van der Waals surface area contributed by atoms with Crippen LogP contribution in [0.5, 0.6) is 0 Å². The van der Waals surface area contributed by atoms with Gasteiger partial charge < -0.3 is 0 Å². The van der Waals surface area contributed by atoms with Gasteiger partial charge in [0.15, 0.2) is 5.43 Å². The van der Waals surface area contributed by atoms with E-state index >= 15 is 0 Å². The maximum Gasteiger partial charge on any atom is 0.187 e. The third kappa shape index (κ3) is 1.54. The Kier molecular flexibility index (Phi) is 2.41. The van der Waals surface area contributed by atoms with E-state index in [4.69, 9.17) is 0 Å². The maximum absolute atomic E-state index is 11.9. The average molecular weight is 241 g/mol. The summed E-state index contributed by atoms with van der Waals surface area (Å²) in [5.74, 6) is 0. The molecule has 1 aromatic carbocycles. The number of aromatic nitrogens is 1. The van der Waals surface area contributed by atoms with E-state index in [9.17, 15) is 4.79 Å². The molecule has 0 unspecified atom stereocenters. The monoisotopic (exact) mass is 241 g/mol. The van der Waals surface area contributed by atoms with Crippen LogP contribution in [-0.4, -0.2) is 10.2 Å². The average Bonchev–Trinajstić information content (AvgIpc) is 2.37. The van der Waals surface area contributed by atoms with Crippen molar-refractivity contribution in [3.63, 3.8) is 0 Å². The fourth-order valence-electron chi connectivity index (χ4n) is 2.13. The van der Waals surface area contributed by atoms with Crippen molar-refractivity contribution in [2.24, 2.45) is 0 Å². The fourth-order valence-corrected chi connectivity index (χ4v) is 2.85. The van der Waals surface area contributed by atoms with Crippen molar-refractivity contribution >= 4 is 22.9 Å². The molecule has 1 aliphatic heterocycles. The molecular weight excluding hydrogens is 230 g/mol. The topological polar surface area (TPSA) is 22.0 Å². The molecule has 2 aliphatic rings. The summed E-state index contributed by atoms with van der Waals surface area (Å²) in [6.45, 7) is 0. The largest absolute Gasteiger partial charge is 0.289 e. The Labute approximate surface area is 103 Å². The summed E-state index contributed by atoms with van der Waals surface area (Å²) in [7, 11) is 0. The maximum atomic E-state index is 11.9.